The van der Waals surface area contributed by atoms with Crippen LogP contribution in [0, 0.1) is 5.92 Å². The topological polar surface area (TPSA) is 56.7 Å². The Labute approximate surface area is 169 Å². The average Bonchev–Trinajstić information content (AvgIpc) is 2.59. The number of halogens is 1. The van der Waals surface area contributed by atoms with Gasteiger partial charge in [-0.05, 0) is 43.9 Å². The van der Waals surface area contributed by atoms with Gasteiger partial charge in [0.05, 0.1) is 0 Å². The Balaban J connectivity index is 0.00000576. The van der Waals surface area contributed by atoms with Crippen LogP contribution in [0.25, 0.3) is 0 Å². The lowest BCUT2D eigenvalue weighted by atomic mass is 10.1. The molecule has 0 radical (unpaired) electrons. The van der Waals surface area contributed by atoms with E-state index in [1.165, 1.54) is 0 Å². The van der Waals surface area contributed by atoms with Crippen molar-refractivity contribution in [2.24, 2.45) is 10.9 Å². The first-order valence-electron chi connectivity index (χ1n) is 8.84. The molecule has 1 amide bonds. The Morgan fingerprint density at radius 3 is 2.20 bits per heavy atom. The summed E-state index contributed by atoms with van der Waals surface area (Å²) in [6.45, 7) is 11.5. The van der Waals surface area contributed by atoms with Crippen molar-refractivity contribution < 1.29 is 4.79 Å². The van der Waals surface area contributed by atoms with Gasteiger partial charge in [0.15, 0.2) is 5.96 Å². The number of amides is 1. The molecule has 1 aromatic carbocycles. The van der Waals surface area contributed by atoms with Gasteiger partial charge in [0.2, 0.25) is 0 Å². The minimum Gasteiger partial charge on any atom is -0.356 e. The first-order valence-corrected chi connectivity index (χ1v) is 8.84. The molecule has 142 valence electrons. The number of rotatable bonds is 8. The normalized spacial score (nSPS) is 11.0. The molecule has 0 heterocycles. The summed E-state index contributed by atoms with van der Waals surface area (Å²) >= 11 is 0. The van der Waals surface area contributed by atoms with E-state index < -0.39 is 0 Å². The van der Waals surface area contributed by atoms with Crippen molar-refractivity contribution in [1.29, 1.82) is 0 Å². The van der Waals surface area contributed by atoms with E-state index in [0.29, 0.717) is 12.5 Å². The van der Waals surface area contributed by atoms with Crippen LogP contribution < -0.4 is 10.6 Å². The van der Waals surface area contributed by atoms with Gasteiger partial charge in [-0.25, -0.2) is 0 Å². The maximum Gasteiger partial charge on any atom is 0.253 e. The van der Waals surface area contributed by atoms with Crippen LogP contribution in [0.2, 0.25) is 0 Å². The lowest BCUT2D eigenvalue weighted by molar-refractivity contribution is 0.0773. The first-order chi connectivity index (χ1) is 11.5. The van der Waals surface area contributed by atoms with E-state index in [0.717, 1.165) is 43.1 Å². The summed E-state index contributed by atoms with van der Waals surface area (Å²) in [5.41, 5.74) is 1.86. The third-order valence-corrected chi connectivity index (χ3v) is 3.95. The second-order valence-corrected chi connectivity index (χ2v) is 6.21. The Morgan fingerprint density at radius 1 is 1.12 bits per heavy atom. The van der Waals surface area contributed by atoms with Crippen LogP contribution in [0.5, 0.6) is 0 Å². The minimum atomic E-state index is 0. The fourth-order valence-corrected chi connectivity index (χ4v) is 2.34. The molecular formula is C19H33IN4O. The SMILES string of the molecule is CCN(CC)C(=O)c1ccc(CNC(=NC)NCCC(C)C)cc1.I. The number of carbonyl (C=O) groups is 1. The van der Waals surface area contributed by atoms with Crippen molar-refractivity contribution >= 4 is 35.8 Å². The molecule has 0 bridgehead atoms. The highest BCUT2D eigenvalue weighted by Crippen LogP contribution is 2.08. The molecule has 1 rings (SSSR count). The van der Waals surface area contributed by atoms with Gasteiger partial charge in [-0.2, -0.15) is 0 Å². The lowest BCUT2D eigenvalue weighted by Crippen LogP contribution is -2.37. The second-order valence-electron chi connectivity index (χ2n) is 6.21. The second kappa shape index (κ2) is 13.0. The maximum absolute atomic E-state index is 12.3. The van der Waals surface area contributed by atoms with E-state index in [4.69, 9.17) is 0 Å². The highest BCUT2D eigenvalue weighted by molar-refractivity contribution is 14.0. The van der Waals surface area contributed by atoms with Gasteiger partial charge in [-0.3, -0.25) is 9.79 Å². The van der Waals surface area contributed by atoms with E-state index in [-0.39, 0.29) is 29.9 Å². The monoisotopic (exact) mass is 460 g/mol. The van der Waals surface area contributed by atoms with Crippen LogP contribution in [0.3, 0.4) is 0 Å². The van der Waals surface area contributed by atoms with Gasteiger partial charge in [0.1, 0.15) is 0 Å². The third kappa shape index (κ3) is 8.56. The summed E-state index contributed by atoms with van der Waals surface area (Å²) in [4.78, 5) is 18.3. The summed E-state index contributed by atoms with van der Waals surface area (Å²) in [5.74, 6) is 1.57. The van der Waals surface area contributed by atoms with E-state index in [9.17, 15) is 4.79 Å². The molecule has 0 saturated carbocycles. The molecule has 2 N–H and O–H groups in total. The predicted octanol–water partition coefficient (Wildman–Crippen LogP) is 3.50. The van der Waals surface area contributed by atoms with E-state index in [2.05, 4.69) is 29.5 Å². The summed E-state index contributed by atoms with van der Waals surface area (Å²) < 4.78 is 0. The molecule has 0 atom stereocenters. The van der Waals surface area contributed by atoms with E-state index in [1.807, 2.05) is 43.0 Å². The Hall–Kier alpha value is -1.31. The van der Waals surface area contributed by atoms with Gasteiger partial charge in [-0.1, -0.05) is 26.0 Å². The van der Waals surface area contributed by atoms with Crippen LogP contribution in [0.4, 0.5) is 0 Å². The number of hydrogen-bond acceptors (Lipinski definition) is 2. The fraction of sp³-hybridized carbons (Fsp3) is 0.579. The molecule has 1 aromatic rings. The minimum absolute atomic E-state index is 0. The highest BCUT2D eigenvalue weighted by atomic mass is 127. The lowest BCUT2D eigenvalue weighted by Gasteiger charge is -2.18. The molecular weight excluding hydrogens is 427 g/mol. The van der Waals surface area contributed by atoms with Crippen molar-refractivity contribution in [2.45, 2.75) is 40.7 Å². The molecule has 0 spiro atoms. The number of nitrogens with zero attached hydrogens (tertiary/aromatic N) is 2. The molecule has 0 aromatic heterocycles. The highest BCUT2D eigenvalue weighted by Gasteiger charge is 2.11. The largest absolute Gasteiger partial charge is 0.356 e. The molecule has 25 heavy (non-hydrogen) atoms. The maximum atomic E-state index is 12.3. The Bertz CT molecular complexity index is 525. The quantitative estimate of drug-likeness (QED) is 0.355. The zero-order valence-electron chi connectivity index (χ0n) is 16.1. The van der Waals surface area contributed by atoms with Crippen molar-refractivity contribution in [3.8, 4) is 0 Å². The third-order valence-electron chi connectivity index (χ3n) is 3.95. The first kappa shape index (κ1) is 23.7. The Morgan fingerprint density at radius 2 is 1.72 bits per heavy atom. The van der Waals surface area contributed by atoms with Gasteiger partial charge < -0.3 is 15.5 Å². The summed E-state index contributed by atoms with van der Waals surface area (Å²) in [5, 5.41) is 6.61. The summed E-state index contributed by atoms with van der Waals surface area (Å²) in [6, 6.07) is 7.77. The van der Waals surface area contributed by atoms with Crippen LogP contribution in [0.15, 0.2) is 29.3 Å². The van der Waals surface area contributed by atoms with Gasteiger partial charge in [0, 0.05) is 38.8 Å². The van der Waals surface area contributed by atoms with Crippen molar-refractivity contribution in [2.75, 3.05) is 26.7 Å². The predicted molar refractivity (Wildman–Crippen MR) is 117 cm³/mol. The fourth-order valence-electron chi connectivity index (χ4n) is 2.34. The number of hydrogen-bond donors (Lipinski definition) is 2. The van der Waals surface area contributed by atoms with Crippen molar-refractivity contribution in [3.05, 3.63) is 35.4 Å². The molecule has 0 fully saturated rings. The van der Waals surface area contributed by atoms with Crippen LogP contribution in [0.1, 0.15) is 50.0 Å². The van der Waals surface area contributed by atoms with Crippen LogP contribution in [-0.4, -0.2) is 43.4 Å². The van der Waals surface area contributed by atoms with Gasteiger partial charge in [0.25, 0.3) is 5.91 Å². The smallest absolute Gasteiger partial charge is 0.253 e. The molecule has 0 unspecified atom stereocenters. The number of nitrogens with one attached hydrogen (secondary N) is 2. The molecule has 5 nitrogen and oxygen atoms in total. The zero-order valence-corrected chi connectivity index (χ0v) is 18.5. The number of aliphatic imine (C=N–C) groups is 1. The van der Waals surface area contributed by atoms with Crippen molar-refractivity contribution in [3.63, 3.8) is 0 Å². The number of carbonyl (C=O) groups excluding carboxylic acids is 1. The molecule has 0 aliphatic heterocycles. The molecule has 0 aliphatic rings. The summed E-state index contributed by atoms with van der Waals surface area (Å²) in [7, 11) is 1.77. The standard InChI is InChI=1S/C19H32N4O.HI/c1-6-23(7-2)18(24)17-10-8-16(9-11-17)14-22-19(20-5)21-13-12-15(3)4;/h8-11,15H,6-7,12-14H2,1-5H3,(H2,20,21,22);1H. The van der Waals surface area contributed by atoms with E-state index >= 15 is 0 Å². The van der Waals surface area contributed by atoms with Crippen LogP contribution >= 0.6 is 24.0 Å². The van der Waals surface area contributed by atoms with E-state index in [1.54, 1.807) is 7.05 Å². The molecule has 6 heteroatoms. The average molecular weight is 460 g/mol. The van der Waals surface area contributed by atoms with Gasteiger partial charge >= 0.3 is 0 Å². The van der Waals surface area contributed by atoms with Crippen molar-refractivity contribution in [1.82, 2.24) is 15.5 Å². The number of benzene rings is 1. The van der Waals surface area contributed by atoms with Crippen LogP contribution in [-0.2, 0) is 6.54 Å². The molecule has 0 aliphatic carbocycles. The Kier molecular flexibility index (Phi) is 12.3. The number of guanidine groups is 1. The summed E-state index contributed by atoms with van der Waals surface area (Å²) in [6.07, 6.45) is 1.11. The zero-order chi connectivity index (χ0) is 17.9. The molecule has 0 saturated heterocycles. The van der Waals surface area contributed by atoms with Gasteiger partial charge in [-0.15, -0.1) is 24.0 Å².